The normalized spacial score (nSPS) is 12.0. The second-order valence-corrected chi connectivity index (χ2v) is 7.03. The summed E-state index contributed by atoms with van der Waals surface area (Å²) in [6.45, 7) is 5.59. The molecule has 1 unspecified atom stereocenters. The van der Waals surface area contributed by atoms with Crippen LogP contribution in [0.2, 0.25) is 5.02 Å². The average Bonchev–Trinajstić information content (AvgIpc) is 2.55. The third kappa shape index (κ3) is 9.27. The molecule has 1 rings (SSSR count). The third-order valence-electron chi connectivity index (χ3n) is 3.14. The lowest BCUT2D eigenvalue weighted by Crippen LogP contribution is -2.40. The summed E-state index contributed by atoms with van der Waals surface area (Å²) in [5.74, 6) is 0. The lowest BCUT2D eigenvalue weighted by atomic mass is 10.2. The van der Waals surface area contributed by atoms with Gasteiger partial charge in [0.2, 0.25) is 0 Å². The lowest BCUT2D eigenvalue weighted by molar-refractivity contribution is -0.109. The first-order chi connectivity index (χ1) is 12.2. The van der Waals surface area contributed by atoms with Crippen molar-refractivity contribution in [2.24, 2.45) is 0 Å². The van der Waals surface area contributed by atoms with Crippen molar-refractivity contribution in [2.75, 3.05) is 6.54 Å². The second-order valence-electron chi connectivity index (χ2n) is 6.63. The van der Waals surface area contributed by atoms with Crippen molar-refractivity contribution >= 4 is 30.1 Å². The first-order valence-electron chi connectivity index (χ1n) is 8.30. The Bertz CT molecular complexity index is 616. The number of rotatable bonds is 8. The Morgan fingerprint density at radius 2 is 1.92 bits per heavy atom. The van der Waals surface area contributed by atoms with Crippen LogP contribution in [0, 0.1) is 0 Å². The fourth-order valence-corrected chi connectivity index (χ4v) is 2.15. The van der Waals surface area contributed by atoms with E-state index in [0.29, 0.717) is 36.3 Å². The summed E-state index contributed by atoms with van der Waals surface area (Å²) in [4.78, 5) is 34.3. The van der Waals surface area contributed by atoms with E-state index in [1.165, 1.54) is 0 Å². The third-order valence-corrected chi connectivity index (χ3v) is 3.51. The van der Waals surface area contributed by atoms with Crippen molar-refractivity contribution < 1.29 is 23.9 Å². The highest BCUT2D eigenvalue weighted by Gasteiger charge is 2.19. The van der Waals surface area contributed by atoms with Crippen LogP contribution in [0.1, 0.15) is 39.2 Å². The molecule has 1 atom stereocenters. The highest BCUT2D eigenvalue weighted by atomic mass is 35.5. The van der Waals surface area contributed by atoms with E-state index in [4.69, 9.17) is 21.1 Å². The maximum absolute atomic E-state index is 11.6. The Labute approximate surface area is 158 Å². The van der Waals surface area contributed by atoms with Crippen LogP contribution in [0.3, 0.4) is 0 Å². The number of alkyl carbamates (subject to hydrolysis) is 2. The molecule has 0 bridgehead atoms. The van der Waals surface area contributed by atoms with Gasteiger partial charge in [-0.3, -0.25) is 0 Å². The maximum Gasteiger partial charge on any atom is 0.408 e. The summed E-state index contributed by atoms with van der Waals surface area (Å²) in [6, 6.07) is 6.41. The molecule has 1 aromatic carbocycles. The van der Waals surface area contributed by atoms with E-state index in [1.54, 1.807) is 45.0 Å². The summed E-state index contributed by atoms with van der Waals surface area (Å²) in [5.41, 5.74) is 0.0803. The summed E-state index contributed by atoms with van der Waals surface area (Å²) in [7, 11) is 0. The monoisotopic (exact) mass is 384 g/mol. The number of carbonyl (C=O) groups is 3. The van der Waals surface area contributed by atoms with Gasteiger partial charge in [0.1, 0.15) is 18.5 Å². The van der Waals surface area contributed by atoms with Crippen LogP contribution in [0.5, 0.6) is 0 Å². The second kappa shape index (κ2) is 10.7. The molecule has 0 fully saturated rings. The molecule has 1 aromatic rings. The molecule has 8 heteroatoms. The van der Waals surface area contributed by atoms with Crippen LogP contribution >= 0.6 is 11.6 Å². The Kier molecular flexibility index (Phi) is 8.92. The molecule has 7 nitrogen and oxygen atoms in total. The lowest BCUT2D eigenvalue weighted by Gasteiger charge is -2.21. The zero-order valence-corrected chi connectivity index (χ0v) is 16.0. The molecule has 0 aliphatic heterocycles. The minimum atomic E-state index is -0.675. The van der Waals surface area contributed by atoms with Gasteiger partial charge in [0, 0.05) is 17.1 Å². The number of halogens is 1. The van der Waals surface area contributed by atoms with Gasteiger partial charge in [-0.05, 0) is 39.7 Å². The van der Waals surface area contributed by atoms with E-state index in [2.05, 4.69) is 10.6 Å². The van der Waals surface area contributed by atoms with Crippen molar-refractivity contribution in [1.29, 1.82) is 0 Å². The first-order valence-corrected chi connectivity index (χ1v) is 8.68. The van der Waals surface area contributed by atoms with Crippen LogP contribution in [-0.2, 0) is 20.9 Å². The summed E-state index contributed by atoms with van der Waals surface area (Å²) >= 11 is 5.98. The molecule has 0 heterocycles. The molecule has 144 valence electrons. The van der Waals surface area contributed by atoms with Crippen molar-refractivity contribution in [2.45, 2.75) is 51.9 Å². The average molecular weight is 385 g/mol. The molecule has 2 N–H and O–H groups in total. The highest BCUT2D eigenvalue weighted by Crippen LogP contribution is 2.15. The van der Waals surface area contributed by atoms with Gasteiger partial charge in [-0.2, -0.15) is 0 Å². The number of aldehydes is 1. The van der Waals surface area contributed by atoms with Gasteiger partial charge in [0.05, 0.1) is 6.04 Å². The molecule has 0 aliphatic rings. The predicted octanol–water partition coefficient (Wildman–Crippen LogP) is 3.44. The minimum absolute atomic E-state index is 0.0721. The van der Waals surface area contributed by atoms with E-state index in [9.17, 15) is 14.4 Å². The van der Waals surface area contributed by atoms with Crippen molar-refractivity contribution in [3.05, 3.63) is 34.9 Å². The number of benzene rings is 1. The smallest absolute Gasteiger partial charge is 0.408 e. The van der Waals surface area contributed by atoms with Gasteiger partial charge < -0.3 is 24.9 Å². The molecule has 0 spiro atoms. The summed E-state index contributed by atoms with van der Waals surface area (Å²) in [6.07, 6.45) is 0.266. The van der Waals surface area contributed by atoms with Crippen LogP contribution in [0.15, 0.2) is 24.3 Å². The van der Waals surface area contributed by atoms with Crippen LogP contribution in [-0.4, -0.2) is 36.7 Å². The fourth-order valence-electron chi connectivity index (χ4n) is 1.96. The number of amides is 2. The number of hydrogen-bond donors (Lipinski definition) is 2. The molecular weight excluding hydrogens is 360 g/mol. The molecule has 26 heavy (non-hydrogen) atoms. The van der Waals surface area contributed by atoms with E-state index in [0.717, 1.165) is 0 Å². The highest BCUT2D eigenvalue weighted by molar-refractivity contribution is 6.31. The molecule has 0 aromatic heterocycles. The van der Waals surface area contributed by atoms with E-state index >= 15 is 0 Å². The van der Waals surface area contributed by atoms with E-state index < -0.39 is 23.8 Å². The van der Waals surface area contributed by atoms with Gasteiger partial charge in [-0.25, -0.2) is 9.59 Å². The Morgan fingerprint density at radius 1 is 1.23 bits per heavy atom. The van der Waals surface area contributed by atoms with E-state index in [-0.39, 0.29) is 6.61 Å². The maximum atomic E-state index is 11.6. The zero-order valence-electron chi connectivity index (χ0n) is 15.2. The number of ether oxygens (including phenoxy) is 2. The van der Waals surface area contributed by atoms with Crippen LogP contribution < -0.4 is 10.6 Å². The Morgan fingerprint density at radius 3 is 2.54 bits per heavy atom. The first kappa shape index (κ1) is 21.8. The van der Waals surface area contributed by atoms with Crippen molar-refractivity contribution in [3.63, 3.8) is 0 Å². The van der Waals surface area contributed by atoms with E-state index in [1.807, 2.05) is 0 Å². The standard InChI is InChI=1S/C18H25ClN2O5/c1-18(2,3)26-17(24)21-14(11-22)8-6-10-20-16(23)25-12-13-7-4-5-9-15(13)19/h4-5,7,9,11,14H,6,8,10,12H2,1-3H3,(H,20,23)(H,21,24). The Balaban J connectivity index is 2.23. The fraction of sp³-hybridized carbons (Fsp3) is 0.500. The quantitative estimate of drug-likeness (QED) is 0.529. The largest absolute Gasteiger partial charge is 0.445 e. The number of nitrogens with one attached hydrogen (secondary N) is 2. The van der Waals surface area contributed by atoms with Gasteiger partial charge in [-0.1, -0.05) is 29.8 Å². The zero-order chi connectivity index (χ0) is 19.6. The molecule has 2 amide bonds. The molecule has 0 saturated carbocycles. The molecular formula is C18H25ClN2O5. The topological polar surface area (TPSA) is 93.7 Å². The Hall–Kier alpha value is -2.28. The summed E-state index contributed by atoms with van der Waals surface area (Å²) < 4.78 is 10.2. The molecule has 0 radical (unpaired) electrons. The van der Waals surface area contributed by atoms with Gasteiger partial charge in [0.25, 0.3) is 0 Å². The number of carbonyl (C=O) groups excluding carboxylic acids is 3. The number of hydrogen-bond acceptors (Lipinski definition) is 5. The summed E-state index contributed by atoms with van der Waals surface area (Å²) in [5, 5.41) is 5.59. The minimum Gasteiger partial charge on any atom is -0.445 e. The van der Waals surface area contributed by atoms with Crippen molar-refractivity contribution in [3.8, 4) is 0 Å². The van der Waals surface area contributed by atoms with Gasteiger partial charge in [0.15, 0.2) is 0 Å². The predicted molar refractivity (Wildman–Crippen MR) is 98.1 cm³/mol. The molecule has 0 saturated heterocycles. The van der Waals surface area contributed by atoms with Crippen LogP contribution in [0.4, 0.5) is 9.59 Å². The van der Waals surface area contributed by atoms with Crippen molar-refractivity contribution in [1.82, 2.24) is 10.6 Å². The van der Waals surface area contributed by atoms with Gasteiger partial charge in [-0.15, -0.1) is 0 Å². The van der Waals surface area contributed by atoms with Crippen LogP contribution in [0.25, 0.3) is 0 Å². The van der Waals surface area contributed by atoms with Gasteiger partial charge >= 0.3 is 12.2 Å². The molecule has 0 aliphatic carbocycles. The SMILES string of the molecule is CC(C)(C)OC(=O)NC(C=O)CCCNC(=O)OCc1ccccc1Cl.